The summed E-state index contributed by atoms with van der Waals surface area (Å²) in [6, 6.07) is 18.2. The summed E-state index contributed by atoms with van der Waals surface area (Å²) in [5, 5.41) is 4.60. The van der Waals surface area contributed by atoms with Crippen LogP contribution in [0.2, 0.25) is 0 Å². The molecule has 1 N–H and O–H groups in total. The van der Waals surface area contributed by atoms with Crippen LogP contribution in [0.25, 0.3) is 21.3 Å². The fourth-order valence-electron chi connectivity index (χ4n) is 3.54. The van der Waals surface area contributed by atoms with Gasteiger partial charge in [0, 0.05) is 25.5 Å². The summed E-state index contributed by atoms with van der Waals surface area (Å²) in [6.07, 6.45) is 1.98. The molecule has 2 heterocycles. The maximum Gasteiger partial charge on any atom is 0.228 e. The van der Waals surface area contributed by atoms with Crippen LogP contribution in [0.3, 0.4) is 0 Å². The fourth-order valence-corrected chi connectivity index (χ4v) is 4.41. The molecule has 0 radical (unpaired) electrons. The van der Waals surface area contributed by atoms with E-state index in [1.165, 1.54) is 10.4 Å². The largest absolute Gasteiger partial charge is 0.463 e. The van der Waals surface area contributed by atoms with Crippen molar-refractivity contribution in [3.8, 4) is 16.9 Å². The predicted octanol–water partition coefficient (Wildman–Crippen LogP) is 6.08. The molecule has 166 valence electrons. The Morgan fingerprint density at radius 3 is 2.34 bits per heavy atom. The van der Waals surface area contributed by atoms with Crippen LogP contribution < -0.4 is 15.0 Å². The lowest BCUT2D eigenvalue weighted by Crippen LogP contribution is -2.14. The Morgan fingerprint density at radius 1 is 1.00 bits per heavy atom. The van der Waals surface area contributed by atoms with Crippen LogP contribution in [0, 0.1) is 6.92 Å². The van der Waals surface area contributed by atoms with Gasteiger partial charge in [-0.3, -0.25) is 0 Å². The lowest BCUT2D eigenvalue weighted by Gasteiger charge is -2.13. The molecule has 5 nitrogen and oxygen atoms in total. The van der Waals surface area contributed by atoms with Gasteiger partial charge in [-0.2, -0.15) is 4.98 Å². The first-order valence-corrected chi connectivity index (χ1v) is 11.4. The number of benzene rings is 2. The first-order chi connectivity index (χ1) is 15.5. The quantitative estimate of drug-likeness (QED) is 0.313. The number of rotatable bonds is 9. The molecular weight excluding hydrogens is 423 g/mol. The highest BCUT2D eigenvalue weighted by atomic mass is 32.1. The molecule has 0 fully saturated rings. The Kier molecular flexibility index (Phi) is 6.85. The third-order valence-electron chi connectivity index (χ3n) is 5.20. The molecule has 4 rings (SSSR count). The van der Waals surface area contributed by atoms with E-state index in [2.05, 4.69) is 47.6 Å². The number of aromatic nitrogens is 2. The number of halogens is 1. The highest BCUT2D eigenvalue weighted by molar-refractivity contribution is 7.18. The Bertz CT molecular complexity index is 1170. The highest BCUT2D eigenvalue weighted by Gasteiger charge is 2.11. The van der Waals surface area contributed by atoms with Gasteiger partial charge in [-0.25, -0.2) is 9.37 Å². The Hall–Kier alpha value is -3.19. The molecule has 0 aliphatic heterocycles. The van der Waals surface area contributed by atoms with Crippen LogP contribution >= 0.6 is 11.3 Å². The van der Waals surface area contributed by atoms with Gasteiger partial charge in [0.1, 0.15) is 16.4 Å². The summed E-state index contributed by atoms with van der Waals surface area (Å²) < 4.78 is 17.1. The molecule has 0 aliphatic carbocycles. The molecule has 0 spiro atoms. The van der Waals surface area contributed by atoms with E-state index in [0.29, 0.717) is 5.75 Å². The summed E-state index contributed by atoms with van der Waals surface area (Å²) in [4.78, 5) is 13.5. The van der Waals surface area contributed by atoms with E-state index in [1.54, 1.807) is 23.5 Å². The summed E-state index contributed by atoms with van der Waals surface area (Å²) in [6.45, 7) is 2.13. The monoisotopic (exact) mass is 450 g/mol. The molecular formula is C25H27FN4OS. The van der Waals surface area contributed by atoms with E-state index in [4.69, 9.17) is 9.72 Å². The van der Waals surface area contributed by atoms with Gasteiger partial charge in [0.15, 0.2) is 0 Å². The Balaban J connectivity index is 1.35. The number of fused-ring (bicyclic) bond motifs is 1. The van der Waals surface area contributed by atoms with Crippen LogP contribution in [0.5, 0.6) is 5.75 Å². The number of hydrogen-bond donors (Lipinski definition) is 1. The SMILES string of the molecule is Cc1cc2c(NCCCc3ccc(-c4ccc(OCF)cc4)cc3)nc(N(C)C)nc2s1. The van der Waals surface area contributed by atoms with Crippen molar-refractivity contribution in [2.45, 2.75) is 19.8 Å². The van der Waals surface area contributed by atoms with Gasteiger partial charge >= 0.3 is 0 Å². The van der Waals surface area contributed by atoms with Gasteiger partial charge in [0.05, 0.1) is 5.39 Å². The van der Waals surface area contributed by atoms with Gasteiger partial charge in [0.2, 0.25) is 12.8 Å². The van der Waals surface area contributed by atoms with E-state index >= 15 is 0 Å². The Morgan fingerprint density at radius 2 is 1.69 bits per heavy atom. The van der Waals surface area contributed by atoms with Gasteiger partial charge in [-0.05, 0) is 54.7 Å². The molecule has 32 heavy (non-hydrogen) atoms. The van der Waals surface area contributed by atoms with E-state index < -0.39 is 6.86 Å². The van der Waals surface area contributed by atoms with E-state index in [0.717, 1.165) is 52.5 Å². The predicted molar refractivity (Wildman–Crippen MR) is 132 cm³/mol. The standard InChI is InChI=1S/C25H27FN4OS/c1-17-15-22-23(28-25(30(2)3)29-24(22)32-17)27-14-4-5-18-6-8-19(9-7-18)20-10-12-21(13-11-20)31-16-26/h6-13,15H,4-5,14,16H2,1-3H3,(H,27,28,29). The number of alkyl halides is 1. The molecule has 2 aromatic carbocycles. The molecule has 2 aromatic heterocycles. The molecule has 0 atom stereocenters. The lowest BCUT2D eigenvalue weighted by molar-refractivity contribution is 0.192. The molecule has 0 aliphatic rings. The smallest absolute Gasteiger partial charge is 0.228 e. The number of thiophene rings is 1. The van der Waals surface area contributed by atoms with Gasteiger partial charge in [0.25, 0.3) is 0 Å². The van der Waals surface area contributed by atoms with Gasteiger partial charge < -0.3 is 15.0 Å². The lowest BCUT2D eigenvalue weighted by atomic mass is 10.0. The minimum absolute atomic E-state index is 0.539. The average molecular weight is 451 g/mol. The number of aryl methyl sites for hydroxylation is 2. The zero-order chi connectivity index (χ0) is 22.5. The van der Waals surface area contributed by atoms with Crippen molar-refractivity contribution in [1.82, 2.24) is 9.97 Å². The van der Waals surface area contributed by atoms with Crippen LogP contribution in [0.4, 0.5) is 16.2 Å². The van der Waals surface area contributed by atoms with Crippen molar-refractivity contribution in [2.24, 2.45) is 0 Å². The number of ether oxygens (including phenoxy) is 1. The first-order valence-electron chi connectivity index (χ1n) is 10.6. The minimum Gasteiger partial charge on any atom is -0.463 e. The van der Waals surface area contributed by atoms with Crippen molar-refractivity contribution in [1.29, 1.82) is 0 Å². The third kappa shape index (κ3) is 5.16. The normalized spacial score (nSPS) is 11.0. The van der Waals surface area contributed by atoms with Crippen molar-refractivity contribution in [3.05, 3.63) is 65.0 Å². The second kappa shape index (κ2) is 9.96. The Labute approximate surface area is 191 Å². The number of anilines is 2. The summed E-state index contributed by atoms with van der Waals surface area (Å²) in [7, 11) is 3.92. The van der Waals surface area contributed by atoms with E-state index in [9.17, 15) is 4.39 Å². The molecule has 0 saturated carbocycles. The maximum atomic E-state index is 12.3. The zero-order valence-electron chi connectivity index (χ0n) is 18.6. The average Bonchev–Trinajstić information content (AvgIpc) is 3.18. The molecule has 0 amide bonds. The highest BCUT2D eigenvalue weighted by Crippen LogP contribution is 2.30. The summed E-state index contributed by atoms with van der Waals surface area (Å²) in [5.41, 5.74) is 3.51. The van der Waals surface area contributed by atoms with Crippen LogP contribution in [-0.2, 0) is 6.42 Å². The topological polar surface area (TPSA) is 50.3 Å². The third-order valence-corrected chi connectivity index (χ3v) is 6.15. The number of hydrogen-bond acceptors (Lipinski definition) is 6. The van der Waals surface area contributed by atoms with E-state index in [1.807, 2.05) is 31.1 Å². The summed E-state index contributed by atoms with van der Waals surface area (Å²) >= 11 is 1.70. The molecule has 7 heteroatoms. The second-order valence-corrected chi connectivity index (χ2v) is 9.08. The van der Waals surface area contributed by atoms with Crippen LogP contribution in [-0.4, -0.2) is 37.5 Å². The summed E-state index contributed by atoms with van der Waals surface area (Å²) in [5.74, 6) is 2.16. The van der Waals surface area contributed by atoms with Crippen molar-refractivity contribution in [3.63, 3.8) is 0 Å². The first kappa shape index (κ1) is 22.0. The van der Waals surface area contributed by atoms with Crippen molar-refractivity contribution >= 4 is 33.3 Å². The minimum atomic E-state index is -0.811. The van der Waals surface area contributed by atoms with Crippen LogP contribution in [0.1, 0.15) is 16.9 Å². The zero-order valence-corrected chi connectivity index (χ0v) is 19.4. The van der Waals surface area contributed by atoms with Gasteiger partial charge in [-0.1, -0.05) is 36.4 Å². The van der Waals surface area contributed by atoms with Crippen molar-refractivity contribution in [2.75, 3.05) is 37.7 Å². The maximum absolute atomic E-state index is 12.3. The molecule has 4 aromatic rings. The van der Waals surface area contributed by atoms with Crippen molar-refractivity contribution < 1.29 is 9.13 Å². The molecule has 0 bridgehead atoms. The second-order valence-electron chi connectivity index (χ2n) is 7.85. The van der Waals surface area contributed by atoms with Gasteiger partial charge in [-0.15, -0.1) is 11.3 Å². The molecule has 0 unspecified atom stereocenters. The molecule has 0 saturated heterocycles. The fraction of sp³-hybridized carbons (Fsp3) is 0.280. The number of nitrogens with zero attached hydrogens (tertiary/aromatic N) is 3. The number of nitrogens with one attached hydrogen (secondary N) is 1. The van der Waals surface area contributed by atoms with Crippen LogP contribution in [0.15, 0.2) is 54.6 Å². The van der Waals surface area contributed by atoms with E-state index in [-0.39, 0.29) is 0 Å².